The van der Waals surface area contributed by atoms with E-state index in [4.69, 9.17) is 9.47 Å². The molecule has 0 radical (unpaired) electrons. The van der Waals surface area contributed by atoms with E-state index in [2.05, 4.69) is 10.0 Å². The maximum atomic E-state index is 12.7. The van der Waals surface area contributed by atoms with Gasteiger partial charge in [-0.25, -0.2) is 13.1 Å². The molecular weight excluding hydrogens is 316 g/mol. The highest BCUT2D eigenvalue weighted by molar-refractivity contribution is 7.89. The predicted octanol–water partition coefficient (Wildman–Crippen LogP) is 1.13. The van der Waals surface area contributed by atoms with E-state index in [1.165, 1.54) is 0 Å². The molecule has 23 heavy (non-hydrogen) atoms. The van der Waals surface area contributed by atoms with Crippen molar-refractivity contribution >= 4 is 10.0 Å². The number of aryl methyl sites for hydroxylation is 1. The zero-order valence-corrected chi connectivity index (χ0v) is 15.0. The zero-order valence-electron chi connectivity index (χ0n) is 14.2. The summed E-state index contributed by atoms with van der Waals surface area (Å²) in [6.07, 6.45) is 0. The molecule has 0 aliphatic carbocycles. The van der Waals surface area contributed by atoms with Crippen molar-refractivity contribution in [3.8, 4) is 5.75 Å². The van der Waals surface area contributed by atoms with Gasteiger partial charge in [0.1, 0.15) is 5.75 Å². The highest BCUT2D eigenvalue weighted by atomic mass is 32.2. The number of hydrogen-bond donors (Lipinski definition) is 2. The standard InChI is InChI=1S/C16H26N2O4S/c1-11-7-15(21-4)12(2)13(3)16(11)23(19,20)18-9-14-8-17-5-6-22-10-14/h7,14,17-18H,5-6,8-10H2,1-4H3. The molecule has 1 fully saturated rings. The third kappa shape index (κ3) is 4.23. The first-order valence-corrected chi connectivity index (χ1v) is 9.28. The fourth-order valence-electron chi connectivity index (χ4n) is 2.84. The van der Waals surface area contributed by atoms with Gasteiger partial charge < -0.3 is 14.8 Å². The van der Waals surface area contributed by atoms with Crippen LogP contribution in [0.1, 0.15) is 16.7 Å². The van der Waals surface area contributed by atoms with E-state index in [0.29, 0.717) is 36.0 Å². The van der Waals surface area contributed by atoms with Crippen LogP contribution < -0.4 is 14.8 Å². The highest BCUT2D eigenvalue weighted by Gasteiger charge is 2.24. The Labute approximate surface area is 138 Å². The smallest absolute Gasteiger partial charge is 0.241 e. The minimum absolute atomic E-state index is 0.132. The highest BCUT2D eigenvalue weighted by Crippen LogP contribution is 2.30. The number of ether oxygens (including phenoxy) is 2. The Bertz CT molecular complexity index is 651. The lowest BCUT2D eigenvalue weighted by Crippen LogP contribution is -2.35. The van der Waals surface area contributed by atoms with Gasteiger partial charge in [-0.3, -0.25) is 0 Å². The number of hydrogen-bond acceptors (Lipinski definition) is 5. The summed E-state index contributed by atoms with van der Waals surface area (Å²) < 4.78 is 39.0. The molecule has 1 heterocycles. The summed E-state index contributed by atoms with van der Waals surface area (Å²) in [5.41, 5.74) is 2.26. The van der Waals surface area contributed by atoms with E-state index in [0.717, 1.165) is 24.2 Å². The van der Waals surface area contributed by atoms with Gasteiger partial charge >= 0.3 is 0 Å². The van der Waals surface area contributed by atoms with Gasteiger partial charge in [0.15, 0.2) is 0 Å². The summed E-state index contributed by atoms with van der Waals surface area (Å²) >= 11 is 0. The first-order valence-electron chi connectivity index (χ1n) is 7.79. The second kappa shape index (κ2) is 7.61. The third-order valence-electron chi connectivity index (χ3n) is 4.24. The van der Waals surface area contributed by atoms with Gasteiger partial charge in [-0.2, -0.15) is 0 Å². The first-order chi connectivity index (χ1) is 10.9. The van der Waals surface area contributed by atoms with Crippen LogP contribution in [0.5, 0.6) is 5.75 Å². The topological polar surface area (TPSA) is 76.7 Å². The summed E-state index contributed by atoms with van der Waals surface area (Å²) in [6.45, 7) is 8.63. The molecule has 0 bridgehead atoms. The van der Waals surface area contributed by atoms with Crippen LogP contribution in [0.2, 0.25) is 0 Å². The van der Waals surface area contributed by atoms with Gasteiger partial charge in [0.25, 0.3) is 0 Å². The predicted molar refractivity (Wildman–Crippen MR) is 89.6 cm³/mol. The van der Waals surface area contributed by atoms with Gasteiger partial charge in [0.05, 0.1) is 25.2 Å². The van der Waals surface area contributed by atoms with E-state index < -0.39 is 10.0 Å². The molecule has 1 saturated heterocycles. The molecule has 0 amide bonds. The van der Waals surface area contributed by atoms with Gasteiger partial charge in [0.2, 0.25) is 10.0 Å². The molecule has 1 atom stereocenters. The van der Waals surface area contributed by atoms with Crippen LogP contribution in [0.3, 0.4) is 0 Å². The Morgan fingerprint density at radius 2 is 2.09 bits per heavy atom. The molecule has 6 nitrogen and oxygen atoms in total. The monoisotopic (exact) mass is 342 g/mol. The fourth-order valence-corrected chi connectivity index (χ4v) is 4.48. The van der Waals surface area contributed by atoms with Crippen molar-refractivity contribution in [1.82, 2.24) is 10.0 Å². The van der Waals surface area contributed by atoms with Crippen LogP contribution in [0.4, 0.5) is 0 Å². The summed E-state index contributed by atoms with van der Waals surface area (Å²) in [4.78, 5) is 0.346. The van der Waals surface area contributed by atoms with E-state index in [-0.39, 0.29) is 5.92 Å². The Balaban J connectivity index is 2.20. The number of methoxy groups -OCH3 is 1. The van der Waals surface area contributed by atoms with Gasteiger partial charge in [-0.1, -0.05) is 0 Å². The fraction of sp³-hybridized carbons (Fsp3) is 0.625. The number of benzene rings is 1. The second-order valence-electron chi connectivity index (χ2n) is 5.97. The van der Waals surface area contributed by atoms with E-state index >= 15 is 0 Å². The van der Waals surface area contributed by atoms with Crippen LogP contribution >= 0.6 is 0 Å². The summed E-state index contributed by atoms with van der Waals surface area (Å²) in [5, 5.41) is 3.24. The number of sulfonamides is 1. The molecule has 0 spiro atoms. The molecule has 2 N–H and O–H groups in total. The quantitative estimate of drug-likeness (QED) is 0.839. The van der Waals surface area contributed by atoms with Crippen molar-refractivity contribution in [2.24, 2.45) is 5.92 Å². The number of rotatable bonds is 5. The molecule has 0 saturated carbocycles. The molecule has 0 aromatic heterocycles. The van der Waals surface area contributed by atoms with Gasteiger partial charge in [-0.05, 0) is 43.5 Å². The van der Waals surface area contributed by atoms with E-state index in [1.54, 1.807) is 20.1 Å². The van der Waals surface area contributed by atoms with Crippen molar-refractivity contribution in [1.29, 1.82) is 0 Å². The SMILES string of the molecule is COc1cc(C)c(S(=O)(=O)NCC2CNCCOC2)c(C)c1C. The van der Waals surface area contributed by atoms with Crippen LogP contribution in [0.15, 0.2) is 11.0 Å². The average Bonchev–Trinajstić information content (AvgIpc) is 2.77. The van der Waals surface area contributed by atoms with Crippen LogP contribution in [0, 0.1) is 26.7 Å². The first kappa shape index (κ1) is 18.2. The summed E-state index contributed by atoms with van der Waals surface area (Å²) in [5.74, 6) is 0.840. The minimum Gasteiger partial charge on any atom is -0.496 e. The van der Waals surface area contributed by atoms with Crippen LogP contribution in [0.25, 0.3) is 0 Å². The lowest BCUT2D eigenvalue weighted by Gasteiger charge is -2.19. The van der Waals surface area contributed by atoms with E-state index in [1.807, 2.05) is 13.8 Å². The van der Waals surface area contributed by atoms with Crippen LogP contribution in [-0.2, 0) is 14.8 Å². The number of nitrogens with one attached hydrogen (secondary N) is 2. The molecular formula is C16H26N2O4S. The maximum Gasteiger partial charge on any atom is 0.241 e. The maximum absolute atomic E-state index is 12.7. The summed E-state index contributed by atoms with van der Waals surface area (Å²) in [7, 11) is -1.98. The molecule has 2 rings (SSSR count). The molecule has 1 aromatic carbocycles. The van der Waals surface area contributed by atoms with Gasteiger partial charge in [0, 0.05) is 25.6 Å². The molecule has 1 aliphatic rings. The normalized spacial score (nSPS) is 19.4. The minimum atomic E-state index is -3.57. The Kier molecular flexibility index (Phi) is 6.02. The van der Waals surface area contributed by atoms with Crippen molar-refractivity contribution < 1.29 is 17.9 Å². The van der Waals surface area contributed by atoms with Crippen molar-refractivity contribution in [2.45, 2.75) is 25.7 Å². The molecule has 7 heteroatoms. The Morgan fingerprint density at radius 1 is 1.35 bits per heavy atom. The van der Waals surface area contributed by atoms with Crippen molar-refractivity contribution in [3.05, 3.63) is 22.8 Å². The summed E-state index contributed by atoms with van der Waals surface area (Å²) in [6, 6.07) is 1.77. The molecule has 1 aliphatic heterocycles. The molecule has 1 unspecified atom stereocenters. The van der Waals surface area contributed by atoms with Gasteiger partial charge in [-0.15, -0.1) is 0 Å². The Hall–Kier alpha value is -1.15. The molecule has 1 aromatic rings. The molecule has 130 valence electrons. The largest absolute Gasteiger partial charge is 0.496 e. The Morgan fingerprint density at radius 3 is 2.78 bits per heavy atom. The van der Waals surface area contributed by atoms with Crippen molar-refractivity contribution in [2.75, 3.05) is 40.0 Å². The van der Waals surface area contributed by atoms with Crippen molar-refractivity contribution in [3.63, 3.8) is 0 Å². The van der Waals surface area contributed by atoms with E-state index in [9.17, 15) is 8.42 Å². The third-order valence-corrected chi connectivity index (χ3v) is 5.95. The average molecular weight is 342 g/mol. The lowest BCUT2D eigenvalue weighted by atomic mass is 10.1. The second-order valence-corrected chi connectivity index (χ2v) is 7.68. The zero-order chi connectivity index (χ0) is 17.0. The lowest BCUT2D eigenvalue weighted by molar-refractivity contribution is 0.124. The van der Waals surface area contributed by atoms with Crippen LogP contribution in [-0.4, -0.2) is 48.4 Å².